The zero-order chi connectivity index (χ0) is 7.40. The molecule has 0 amide bonds. The van der Waals surface area contributed by atoms with E-state index in [-0.39, 0.29) is 0 Å². The van der Waals surface area contributed by atoms with Crippen LogP contribution in [0.25, 0.3) is 0 Å². The van der Waals surface area contributed by atoms with Gasteiger partial charge in [-0.3, -0.25) is 0 Å². The standard InChI is InChI=1S/C5H7ClN4/c1-7-10-5-4(6)8-2-3-9-5/h2-3,7H,1H3,(H,9,10). The summed E-state index contributed by atoms with van der Waals surface area (Å²) >= 11 is 5.63. The zero-order valence-electron chi connectivity index (χ0n) is 5.43. The molecule has 0 bridgehead atoms. The Morgan fingerprint density at radius 3 is 2.70 bits per heavy atom. The van der Waals surface area contributed by atoms with E-state index in [2.05, 4.69) is 20.8 Å². The molecule has 0 fully saturated rings. The molecular weight excluding hydrogens is 152 g/mol. The highest BCUT2D eigenvalue weighted by Gasteiger charge is 1.97. The molecular formula is C5H7ClN4. The molecule has 4 nitrogen and oxygen atoms in total. The Labute approximate surface area is 63.6 Å². The van der Waals surface area contributed by atoms with E-state index >= 15 is 0 Å². The lowest BCUT2D eigenvalue weighted by atomic mass is 10.7. The van der Waals surface area contributed by atoms with Gasteiger partial charge in [0.2, 0.25) is 0 Å². The number of nitrogens with zero attached hydrogens (tertiary/aromatic N) is 2. The van der Waals surface area contributed by atoms with Crippen molar-refractivity contribution in [2.24, 2.45) is 0 Å². The Morgan fingerprint density at radius 2 is 2.10 bits per heavy atom. The molecule has 0 aromatic carbocycles. The van der Waals surface area contributed by atoms with Crippen LogP contribution >= 0.6 is 11.6 Å². The highest BCUT2D eigenvalue weighted by atomic mass is 35.5. The van der Waals surface area contributed by atoms with Crippen LogP contribution in [0, 0.1) is 0 Å². The molecule has 10 heavy (non-hydrogen) atoms. The first-order chi connectivity index (χ1) is 4.84. The van der Waals surface area contributed by atoms with Crippen molar-refractivity contribution in [1.82, 2.24) is 15.4 Å². The van der Waals surface area contributed by atoms with Gasteiger partial charge < -0.3 is 5.43 Å². The maximum atomic E-state index is 5.63. The van der Waals surface area contributed by atoms with E-state index in [9.17, 15) is 0 Å². The molecule has 1 rings (SSSR count). The van der Waals surface area contributed by atoms with E-state index in [4.69, 9.17) is 11.6 Å². The number of hydrogen-bond acceptors (Lipinski definition) is 4. The monoisotopic (exact) mass is 158 g/mol. The Hall–Kier alpha value is -0.870. The van der Waals surface area contributed by atoms with Crippen molar-refractivity contribution in [3.8, 4) is 0 Å². The second-order valence-electron chi connectivity index (χ2n) is 1.57. The zero-order valence-corrected chi connectivity index (χ0v) is 6.18. The molecule has 0 saturated carbocycles. The van der Waals surface area contributed by atoms with E-state index in [1.54, 1.807) is 13.2 Å². The van der Waals surface area contributed by atoms with Gasteiger partial charge in [0.05, 0.1) is 0 Å². The van der Waals surface area contributed by atoms with Gasteiger partial charge in [0.25, 0.3) is 0 Å². The number of rotatable bonds is 2. The maximum Gasteiger partial charge on any atom is 0.178 e. The second kappa shape index (κ2) is 3.34. The fourth-order valence-electron chi connectivity index (χ4n) is 0.523. The smallest absolute Gasteiger partial charge is 0.178 e. The number of halogens is 1. The summed E-state index contributed by atoms with van der Waals surface area (Å²) in [6, 6.07) is 0. The van der Waals surface area contributed by atoms with Crippen LogP contribution in [-0.4, -0.2) is 17.0 Å². The minimum atomic E-state index is 0.358. The average molecular weight is 159 g/mol. The lowest BCUT2D eigenvalue weighted by Crippen LogP contribution is -2.16. The Balaban J connectivity index is 2.81. The summed E-state index contributed by atoms with van der Waals surface area (Å²) < 4.78 is 0. The molecule has 0 spiro atoms. The lowest BCUT2D eigenvalue weighted by molar-refractivity contribution is 0.958. The number of hydrogen-bond donors (Lipinski definition) is 2. The van der Waals surface area contributed by atoms with Gasteiger partial charge in [-0.2, -0.15) is 0 Å². The van der Waals surface area contributed by atoms with Crippen molar-refractivity contribution in [2.45, 2.75) is 0 Å². The molecule has 0 aliphatic heterocycles. The van der Waals surface area contributed by atoms with Crippen LogP contribution in [0.5, 0.6) is 0 Å². The fraction of sp³-hybridized carbons (Fsp3) is 0.200. The quantitative estimate of drug-likeness (QED) is 0.622. The van der Waals surface area contributed by atoms with E-state index in [1.165, 1.54) is 6.20 Å². The van der Waals surface area contributed by atoms with Crippen molar-refractivity contribution in [2.75, 3.05) is 12.5 Å². The van der Waals surface area contributed by atoms with Gasteiger partial charge in [-0.05, 0) is 0 Å². The lowest BCUT2D eigenvalue weighted by Gasteiger charge is -2.01. The molecule has 1 aromatic rings. The van der Waals surface area contributed by atoms with Gasteiger partial charge >= 0.3 is 0 Å². The highest BCUT2D eigenvalue weighted by molar-refractivity contribution is 6.31. The molecule has 0 saturated heterocycles. The maximum absolute atomic E-state index is 5.63. The van der Waals surface area contributed by atoms with Crippen LogP contribution in [0.2, 0.25) is 5.15 Å². The van der Waals surface area contributed by atoms with Crippen molar-refractivity contribution in [3.63, 3.8) is 0 Å². The summed E-state index contributed by atoms with van der Waals surface area (Å²) in [5, 5.41) is 0.358. The summed E-state index contributed by atoms with van der Waals surface area (Å²) in [5.74, 6) is 0.534. The van der Waals surface area contributed by atoms with Crippen LogP contribution in [0.4, 0.5) is 5.82 Å². The largest absolute Gasteiger partial charge is 0.303 e. The number of anilines is 1. The van der Waals surface area contributed by atoms with Crippen molar-refractivity contribution >= 4 is 17.4 Å². The van der Waals surface area contributed by atoms with Gasteiger partial charge in [-0.25, -0.2) is 15.4 Å². The number of nitrogens with one attached hydrogen (secondary N) is 2. The average Bonchev–Trinajstić information content (AvgIpc) is 1.94. The highest BCUT2D eigenvalue weighted by Crippen LogP contribution is 2.11. The van der Waals surface area contributed by atoms with Gasteiger partial charge in [0.1, 0.15) is 0 Å². The van der Waals surface area contributed by atoms with E-state index < -0.39 is 0 Å². The van der Waals surface area contributed by atoms with E-state index in [1.807, 2.05) is 0 Å². The fourth-order valence-corrected chi connectivity index (χ4v) is 0.676. The number of aromatic nitrogens is 2. The molecule has 54 valence electrons. The third kappa shape index (κ3) is 1.55. The molecule has 0 unspecified atom stereocenters. The normalized spacial score (nSPS) is 9.40. The molecule has 0 radical (unpaired) electrons. The summed E-state index contributed by atoms with van der Waals surface area (Å²) in [7, 11) is 1.73. The minimum absolute atomic E-state index is 0.358. The third-order valence-electron chi connectivity index (χ3n) is 0.897. The Kier molecular flexibility index (Phi) is 2.42. The predicted octanol–water partition coefficient (Wildman–Crippen LogP) is 0.676. The molecule has 2 N–H and O–H groups in total. The molecule has 0 aliphatic carbocycles. The topological polar surface area (TPSA) is 49.8 Å². The summed E-state index contributed by atoms with van der Waals surface area (Å²) in [4.78, 5) is 7.70. The molecule has 0 atom stereocenters. The first-order valence-electron chi connectivity index (χ1n) is 2.74. The Morgan fingerprint density at radius 1 is 1.40 bits per heavy atom. The second-order valence-corrected chi connectivity index (χ2v) is 1.93. The van der Waals surface area contributed by atoms with Gasteiger partial charge in [-0.15, -0.1) is 0 Å². The van der Waals surface area contributed by atoms with Crippen LogP contribution in [-0.2, 0) is 0 Å². The first-order valence-corrected chi connectivity index (χ1v) is 3.11. The van der Waals surface area contributed by atoms with Crippen LogP contribution < -0.4 is 10.9 Å². The summed E-state index contributed by atoms with van der Waals surface area (Å²) in [6.07, 6.45) is 3.09. The third-order valence-corrected chi connectivity index (χ3v) is 1.17. The van der Waals surface area contributed by atoms with Crippen molar-refractivity contribution < 1.29 is 0 Å². The van der Waals surface area contributed by atoms with Crippen LogP contribution in [0.1, 0.15) is 0 Å². The Bertz CT molecular complexity index is 215. The van der Waals surface area contributed by atoms with E-state index in [0.717, 1.165) is 0 Å². The van der Waals surface area contributed by atoms with Crippen molar-refractivity contribution in [3.05, 3.63) is 17.5 Å². The minimum Gasteiger partial charge on any atom is -0.303 e. The number of hydrazine groups is 1. The first kappa shape index (κ1) is 7.24. The molecule has 1 aromatic heterocycles. The van der Waals surface area contributed by atoms with Crippen molar-refractivity contribution in [1.29, 1.82) is 0 Å². The predicted molar refractivity (Wildman–Crippen MR) is 39.7 cm³/mol. The SMILES string of the molecule is CNNc1nccnc1Cl. The molecule has 0 aliphatic rings. The molecule has 5 heteroatoms. The van der Waals surface area contributed by atoms with Gasteiger partial charge in [0.15, 0.2) is 11.0 Å². The molecule has 1 heterocycles. The van der Waals surface area contributed by atoms with E-state index in [0.29, 0.717) is 11.0 Å². The summed E-state index contributed by atoms with van der Waals surface area (Å²) in [5.41, 5.74) is 5.41. The van der Waals surface area contributed by atoms with Gasteiger partial charge in [-0.1, -0.05) is 11.6 Å². The summed E-state index contributed by atoms with van der Waals surface area (Å²) in [6.45, 7) is 0. The van der Waals surface area contributed by atoms with Crippen LogP contribution in [0.3, 0.4) is 0 Å². The van der Waals surface area contributed by atoms with Gasteiger partial charge in [0, 0.05) is 19.4 Å². The van der Waals surface area contributed by atoms with Crippen LogP contribution in [0.15, 0.2) is 12.4 Å².